The van der Waals surface area contributed by atoms with E-state index >= 15 is 0 Å². The van der Waals surface area contributed by atoms with Gasteiger partial charge in [0.05, 0.1) is 6.42 Å². The van der Waals surface area contributed by atoms with Crippen molar-refractivity contribution in [1.82, 2.24) is 9.88 Å². The second-order valence-electron chi connectivity index (χ2n) is 3.25. The van der Waals surface area contributed by atoms with Gasteiger partial charge in [-0.15, -0.1) is 0 Å². The summed E-state index contributed by atoms with van der Waals surface area (Å²) in [5, 5.41) is 0. The minimum Gasteiger partial charge on any atom is -0.343 e. The van der Waals surface area contributed by atoms with E-state index in [2.05, 4.69) is 20.9 Å². The van der Waals surface area contributed by atoms with Crippen LogP contribution in [0.2, 0.25) is 0 Å². The van der Waals surface area contributed by atoms with Gasteiger partial charge >= 0.3 is 0 Å². The van der Waals surface area contributed by atoms with Crippen LogP contribution in [0.15, 0.2) is 22.9 Å². The van der Waals surface area contributed by atoms with Crippen LogP contribution in [0.4, 0.5) is 0 Å². The highest BCUT2D eigenvalue weighted by Crippen LogP contribution is 2.10. The summed E-state index contributed by atoms with van der Waals surface area (Å²) in [6, 6.07) is 1.92. The Bertz CT molecular complexity index is 337. The molecule has 82 valence electrons. The minimum atomic E-state index is 0.153. The second kappa shape index (κ2) is 5.85. The van der Waals surface area contributed by atoms with Gasteiger partial charge in [0, 0.05) is 30.0 Å². The quantitative estimate of drug-likeness (QED) is 0.841. The zero-order valence-electron chi connectivity index (χ0n) is 9.03. The Morgan fingerprint density at radius 1 is 1.40 bits per heavy atom. The number of amides is 1. The third kappa shape index (κ3) is 3.63. The zero-order valence-corrected chi connectivity index (χ0v) is 10.6. The fourth-order valence-electron chi connectivity index (χ4n) is 1.42. The van der Waals surface area contributed by atoms with E-state index in [-0.39, 0.29) is 5.91 Å². The molecule has 4 heteroatoms. The molecule has 0 saturated carbocycles. The summed E-state index contributed by atoms with van der Waals surface area (Å²) in [7, 11) is 0. The van der Waals surface area contributed by atoms with Crippen LogP contribution in [0, 0.1) is 0 Å². The number of carbonyl (C=O) groups is 1. The van der Waals surface area contributed by atoms with Gasteiger partial charge in [-0.2, -0.15) is 0 Å². The Morgan fingerprint density at radius 2 is 2.07 bits per heavy atom. The molecular weight excluding hydrogens is 256 g/mol. The van der Waals surface area contributed by atoms with E-state index in [4.69, 9.17) is 0 Å². The third-order valence-corrected chi connectivity index (χ3v) is 2.67. The summed E-state index contributed by atoms with van der Waals surface area (Å²) >= 11 is 3.34. The van der Waals surface area contributed by atoms with E-state index in [1.807, 2.05) is 24.8 Å². The zero-order chi connectivity index (χ0) is 11.3. The van der Waals surface area contributed by atoms with Crippen LogP contribution in [-0.4, -0.2) is 28.9 Å². The average Bonchev–Trinajstić information content (AvgIpc) is 2.19. The van der Waals surface area contributed by atoms with Crippen molar-refractivity contribution in [2.45, 2.75) is 20.3 Å². The number of rotatable bonds is 4. The molecular formula is C11H15BrN2O. The van der Waals surface area contributed by atoms with Crippen LogP contribution in [0.3, 0.4) is 0 Å². The minimum absolute atomic E-state index is 0.153. The molecule has 15 heavy (non-hydrogen) atoms. The molecule has 0 radical (unpaired) electrons. The van der Waals surface area contributed by atoms with Crippen LogP contribution >= 0.6 is 15.9 Å². The summed E-state index contributed by atoms with van der Waals surface area (Å²) in [6.45, 7) is 5.49. The van der Waals surface area contributed by atoms with E-state index in [1.165, 1.54) is 0 Å². The molecule has 0 aliphatic carbocycles. The number of hydrogen-bond donors (Lipinski definition) is 0. The highest BCUT2D eigenvalue weighted by Gasteiger charge is 2.10. The van der Waals surface area contributed by atoms with Gasteiger partial charge in [0.2, 0.25) is 5.91 Å². The van der Waals surface area contributed by atoms with Crippen LogP contribution in [0.1, 0.15) is 19.4 Å². The highest BCUT2D eigenvalue weighted by atomic mass is 79.9. The van der Waals surface area contributed by atoms with Crippen molar-refractivity contribution >= 4 is 21.8 Å². The second-order valence-corrected chi connectivity index (χ2v) is 4.17. The Balaban J connectivity index is 2.65. The molecule has 1 aromatic heterocycles. The molecule has 0 atom stereocenters. The first-order valence-electron chi connectivity index (χ1n) is 5.04. The van der Waals surface area contributed by atoms with Gasteiger partial charge in [0.25, 0.3) is 0 Å². The Kier molecular flexibility index (Phi) is 4.75. The Hall–Kier alpha value is -0.900. The van der Waals surface area contributed by atoms with Crippen molar-refractivity contribution < 1.29 is 4.79 Å². The van der Waals surface area contributed by atoms with E-state index in [9.17, 15) is 4.79 Å². The van der Waals surface area contributed by atoms with Gasteiger partial charge in [-0.3, -0.25) is 9.78 Å². The maximum atomic E-state index is 11.8. The van der Waals surface area contributed by atoms with Crippen LogP contribution in [0.25, 0.3) is 0 Å². The number of pyridine rings is 1. The number of aromatic nitrogens is 1. The van der Waals surface area contributed by atoms with E-state index in [0.717, 1.165) is 23.1 Å². The summed E-state index contributed by atoms with van der Waals surface area (Å²) in [5.41, 5.74) is 0.946. The molecule has 0 aromatic carbocycles. The van der Waals surface area contributed by atoms with Crippen molar-refractivity contribution in [1.29, 1.82) is 0 Å². The normalized spacial score (nSPS) is 10.1. The van der Waals surface area contributed by atoms with E-state index in [0.29, 0.717) is 6.42 Å². The summed E-state index contributed by atoms with van der Waals surface area (Å²) in [4.78, 5) is 17.6. The monoisotopic (exact) mass is 270 g/mol. The number of likely N-dealkylation sites (N-methyl/N-ethyl adjacent to an activating group) is 1. The van der Waals surface area contributed by atoms with Crippen LogP contribution < -0.4 is 0 Å². The topological polar surface area (TPSA) is 33.2 Å². The fourth-order valence-corrected chi connectivity index (χ4v) is 1.83. The Morgan fingerprint density at radius 3 is 2.60 bits per heavy atom. The lowest BCUT2D eigenvalue weighted by molar-refractivity contribution is -0.130. The molecule has 0 spiro atoms. The molecule has 1 rings (SSSR count). The first kappa shape index (κ1) is 12.2. The maximum Gasteiger partial charge on any atom is 0.227 e. The van der Waals surface area contributed by atoms with Crippen molar-refractivity contribution in [2.75, 3.05) is 13.1 Å². The third-order valence-electron chi connectivity index (χ3n) is 2.23. The van der Waals surface area contributed by atoms with E-state index in [1.54, 1.807) is 12.4 Å². The lowest BCUT2D eigenvalue weighted by Gasteiger charge is -2.18. The van der Waals surface area contributed by atoms with E-state index < -0.39 is 0 Å². The SMILES string of the molecule is CCN(CC)C(=O)Cc1cncc(Br)c1. The van der Waals surface area contributed by atoms with Crippen molar-refractivity contribution in [3.8, 4) is 0 Å². The molecule has 0 N–H and O–H groups in total. The number of carbonyl (C=O) groups excluding carboxylic acids is 1. The number of halogens is 1. The Labute approximate surface area is 98.6 Å². The first-order chi connectivity index (χ1) is 7.17. The molecule has 0 unspecified atom stereocenters. The van der Waals surface area contributed by atoms with Crippen molar-refractivity contribution in [3.05, 3.63) is 28.5 Å². The molecule has 0 saturated heterocycles. The van der Waals surface area contributed by atoms with Gasteiger partial charge in [-0.1, -0.05) is 0 Å². The van der Waals surface area contributed by atoms with Crippen LogP contribution in [-0.2, 0) is 11.2 Å². The summed E-state index contributed by atoms with van der Waals surface area (Å²) < 4.78 is 0.910. The largest absolute Gasteiger partial charge is 0.343 e. The lowest BCUT2D eigenvalue weighted by Crippen LogP contribution is -2.31. The maximum absolute atomic E-state index is 11.8. The molecule has 0 bridgehead atoms. The molecule has 0 aliphatic heterocycles. The average molecular weight is 271 g/mol. The number of nitrogens with zero attached hydrogens (tertiary/aromatic N) is 2. The van der Waals surface area contributed by atoms with Gasteiger partial charge < -0.3 is 4.90 Å². The first-order valence-corrected chi connectivity index (χ1v) is 5.83. The van der Waals surface area contributed by atoms with Crippen molar-refractivity contribution in [3.63, 3.8) is 0 Å². The van der Waals surface area contributed by atoms with Gasteiger partial charge in [-0.05, 0) is 41.4 Å². The predicted molar refractivity (Wildman–Crippen MR) is 63.6 cm³/mol. The highest BCUT2D eigenvalue weighted by molar-refractivity contribution is 9.10. The fraction of sp³-hybridized carbons (Fsp3) is 0.455. The predicted octanol–water partition coefficient (Wildman–Crippen LogP) is 2.26. The van der Waals surface area contributed by atoms with Crippen LogP contribution in [0.5, 0.6) is 0 Å². The molecule has 1 heterocycles. The smallest absolute Gasteiger partial charge is 0.227 e. The lowest BCUT2D eigenvalue weighted by atomic mass is 10.2. The molecule has 1 aromatic rings. The standard InChI is InChI=1S/C11H15BrN2O/c1-3-14(4-2)11(15)6-9-5-10(12)8-13-7-9/h5,7-8H,3-4,6H2,1-2H3. The summed E-state index contributed by atoms with van der Waals surface area (Å²) in [6.07, 6.45) is 3.87. The molecule has 1 amide bonds. The molecule has 0 fully saturated rings. The summed E-state index contributed by atoms with van der Waals surface area (Å²) in [5.74, 6) is 0.153. The van der Waals surface area contributed by atoms with Crippen molar-refractivity contribution in [2.24, 2.45) is 0 Å². The number of hydrogen-bond acceptors (Lipinski definition) is 2. The molecule has 0 aliphatic rings. The van der Waals surface area contributed by atoms with Gasteiger partial charge in [-0.25, -0.2) is 0 Å². The van der Waals surface area contributed by atoms with Gasteiger partial charge in [0.15, 0.2) is 0 Å². The van der Waals surface area contributed by atoms with Gasteiger partial charge in [0.1, 0.15) is 0 Å². The molecule has 3 nitrogen and oxygen atoms in total.